The van der Waals surface area contributed by atoms with Crippen molar-refractivity contribution in [2.24, 2.45) is 0 Å². The molecular weight excluding hydrogens is 230 g/mol. The van der Waals surface area contributed by atoms with Crippen LogP contribution in [-0.4, -0.2) is 21.2 Å². The number of carbonyl (C=O) groups is 1. The van der Waals surface area contributed by atoms with E-state index in [0.29, 0.717) is 13.0 Å². The van der Waals surface area contributed by atoms with Gasteiger partial charge in [0.15, 0.2) is 0 Å². The molecule has 92 valence electrons. The molecule has 1 aliphatic heterocycles. The van der Waals surface area contributed by atoms with E-state index in [4.69, 9.17) is 0 Å². The molecule has 1 aromatic heterocycles. The molecule has 0 spiro atoms. The maximum absolute atomic E-state index is 12.0. The second-order valence-electron chi connectivity index (χ2n) is 4.31. The van der Waals surface area contributed by atoms with Crippen LogP contribution in [0.1, 0.15) is 18.9 Å². The molecule has 3 rings (SSSR count). The fourth-order valence-corrected chi connectivity index (χ4v) is 2.29. The minimum Gasteiger partial charge on any atom is -0.508 e. The van der Waals surface area contributed by atoms with Gasteiger partial charge in [-0.2, -0.15) is 5.10 Å². The number of nitrogens with zero attached hydrogens (tertiary/aromatic N) is 2. The van der Waals surface area contributed by atoms with E-state index in [9.17, 15) is 9.90 Å². The highest BCUT2D eigenvalue weighted by molar-refractivity contribution is 5.99. The average Bonchev–Trinajstić information content (AvgIpc) is 2.85. The van der Waals surface area contributed by atoms with Gasteiger partial charge < -0.3 is 10.0 Å². The highest BCUT2D eigenvalue weighted by Gasteiger charge is 2.27. The number of nitrogens with one attached hydrogen (secondary N) is 1. The van der Waals surface area contributed by atoms with Gasteiger partial charge in [-0.3, -0.25) is 9.89 Å². The van der Waals surface area contributed by atoms with E-state index in [-0.39, 0.29) is 11.7 Å². The molecule has 1 aliphatic rings. The minimum absolute atomic E-state index is 0.0637. The summed E-state index contributed by atoms with van der Waals surface area (Å²) in [5.41, 5.74) is 3.47. The van der Waals surface area contributed by atoms with Crippen molar-refractivity contribution in [1.82, 2.24) is 10.2 Å². The topological polar surface area (TPSA) is 69.2 Å². The Balaban J connectivity index is 2.20. The molecule has 2 N–H and O–H groups in total. The van der Waals surface area contributed by atoms with Crippen molar-refractivity contribution in [3.05, 3.63) is 30.0 Å². The third-order valence-corrected chi connectivity index (χ3v) is 3.19. The van der Waals surface area contributed by atoms with Crippen molar-refractivity contribution < 1.29 is 9.90 Å². The first-order valence-corrected chi connectivity index (χ1v) is 5.86. The molecule has 0 fully saturated rings. The molecule has 0 radical (unpaired) electrons. The van der Waals surface area contributed by atoms with Gasteiger partial charge in [0.05, 0.1) is 24.1 Å². The Labute approximate surface area is 104 Å². The number of hydrogen-bond donors (Lipinski definition) is 2. The zero-order valence-corrected chi connectivity index (χ0v) is 9.97. The van der Waals surface area contributed by atoms with Gasteiger partial charge in [0.25, 0.3) is 0 Å². The second-order valence-corrected chi connectivity index (χ2v) is 4.31. The SMILES string of the molecule is CCC(=O)N1Cc2cn[nH]c2-c2cc(O)ccc21. The van der Waals surface area contributed by atoms with Crippen LogP contribution in [0.15, 0.2) is 24.4 Å². The lowest BCUT2D eigenvalue weighted by molar-refractivity contribution is -0.118. The zero-order valence-electron chi connectivity index (χ0n) is 9.97. The van der Waals surface area contributed by atoms with E-state index >= 15 is 0 Å². The Bertz CT molecular complexity index is 618. The summed E-state index contributed by atoms with van der Waals surface area (Å²) >= 11 is 0. The van der Waals surface area contributed by atoms with Gasteiger partial charge >= 0.3 is 0 Å². The molecule has 1 amide bonds. The first kappa shape index (κ1) is 10.8. The number of anilines is 1. The number of phenols is 1. The second kappa shape index (κ2) is 3.87. The number of carbonyl (C=O) groups excluding carboxylic acids is 1. The number of benzene rings is 1. The van der Waals surface area contributed by atoms with E-state index in [2.05, 4.69) is 10.2 Å². The number of fused-ring (bicyclic) bond motifs is 3. The molecule has 0 bridgehead atoms. The van der Waals surface area contributed by atoms with Crippen LogP contribution in [0.4, 0.5) is 5.69 Å². The van der Waals surface area contributed by atoms with E-state index in [1.807, 2.05) is 6.92 Å². The van der Waals surface area contributed by atoms with Crippen LogP contribution in [0.5, 0.6) is 5.75 Å². The third kappa shape index (κ3) is 1.48. The van der Waals surface area contributed by atoms with Crippen LogP contribution < -0.4 is 4.90 Å². The molecule has 5 nitrogen and oxygen atoms in total. The number of H-pyrrole nitrogens is 1. The Morgan fingerprint density at radius 3 is 3.17 bits per heavy atom. The van der Waals surface area contributed by atoms with Crippen molar-refractivity contribution in [3.8, 4) is 17.0 Å². The van der Waals surface area contributed by atoms with Gasteiger partial charge in [0.2, 0.25) is 5.91 Å². The number of phenolic OH excluding ortho intramolecular Hbond substituents is 1. The van der Waals surface area contributed by atoms with Gasteiger partial charge in [-0.05, 0) is 18.2 Å². The van der Waals surface area contributed by atoms with Crippen LogP contribution in [0.2, 0.25) is 0 Å². The number of hydrogen-bond acceptors (Lipinski definition) is 3. The highest BCUT2D eigenvalue weighted by Crippen LogP contribution is 2.39. The zero-order chi connectivity index (χ0) is 12.7. The van der Waals surface area contributed by atoms with Gasteiger partial charge in [0.1, 0.15) is 5.75 Å². The average molecular weight is 243 g/mol. The number of aromatic amines is 1. The number of amides is 1. The van der Waals surface area contributed by atoms with E-state index in [1.54, 1.807) is 29.3 Å². The van der Waals surface area contributed by atoms with Crippen molar-refractivity contribution in [2.45, 2.75) is 19.9 Å². The first-order valence-electron chi connectivity index (χ1n) is 5.86. The molecule has 18 heavy (non-hydrogen) atoms. The Morgan fingerprint density at radius 1 is 1.56 bits per heavy atom. The van der Waals surface area contributed by atoms with Gasteiger partial charge in [-0.1, -0.05) is 6.92 Å². The molecule has 0 saturated carbocycles. The molecular formula is C13H13N3O2. The lowest BCUT2D eigenvalue weighted by atomic mass is 9.99. The molecule has 2 aromatic rings. The van der Waals surface area contributed by atoms with Gasteiger partial charge in [-0.25, -0.2) is 0 Å². The number of aromatic hydroxyl groups is 1. The standard InChI is InChI=1S/C13H13N3O2/c1-2-12(18)16-7-8-6-14-15-13(8)10-5-9(17)3-4-11(10)16/h3-6,17H,2,7H2,1H3,(H,14,15). The summed E-state index contributed by atoms with van der Waals surface area (Å²) in [6, 6.07) is 5.01. The summed E-state index contributed by atoms with van der Waals surface area (Å²) in [5, 5.41) is 16.5. The summed E-state index contributed by atoms with van der Waals surface area (Å²) in [5.74, 6) is 0.244. The van der Waals surface area contributed by atoms with Crippen molar-refractivity contribution >= 4 is 11.6 Å². The summed E-state index contributed by atoms with van der Waals surface area (Å²) in [6.07, 6.45) is 2.17. The molecule has 5 heteroatoms. The van der Waals surface area contributed by atoms with Crippen LogP contribution in [0, 0.1) is 0 Å². The van der Waals surface area contributed by atoms with Crippen LogP contribution in [0.25, 0.3) is 11.3 Å². The maximum atomic E-state index is 12.0. The van der Waals surface area contributed by atoms with Crippen LogP contribution in [-0.2, 0) is 11.3 Å². The van der Waals surface area contributed by atoms with Crippen LogP contribution >= 0.6 is 0 Å². The van der Waals surface area contributed by atoms with Crippen molar-refractivity contribution in [1.29, 1.82) is 0 Å². The predicted octanol–water partition coefficient (Wildman–Crippen LogP) is 2.04. The van der Waals surface area contributed by atoms with E-state index < -0.39 is 0 Å². The maximum Gasteiger partial charge on any atom is 0.227 e. The van der Waals surface area contributed by atoms with E-state index in [0.717, 1.165) is 22.5 Å². The van der Waals surface area contributed by atoms with Crippen LogP contribution in [0.3, 0.4) is 0 Å². The molecule has 2 heterocycles. The fraction of sp³-hybridized carbons (Fsp3) is 0.231. The normalized spacial score (nSPS) is 13.1. The van der Waals surface area contributed by atoms with Gasteiger partial charge in [0, 0.05) is 17.5 Å². The monoisotopic (exact) mass is 243 g/mol. The summed E-state index contributed by atoms with van der Waals surface area (Å²) < 4.78 is 0. The number of rotatable bonds is 1. The molecule has 0 atom stereocenters. The Morgan fingerprint density at radius 2 is 2.39 bits per heavy atom. The molecule has 0 aliphatic carbocycles. The number of aromatic nitrogens is 2. The van der Waals surface area contributed by atoms with Crippen molar-refractivity contribution in [2.75, 3.05) is 4.90 Å². The molecule has 1 aromatic carbocycles. The van der Waals surface area contributed by atoms with Crippen molar-refractivity contribution in [3.63, 3.8) is 0 Å². The predicted molar refractivity (Wildman–Crippen MR) is 67.2 cm³/mol. The Kier molecular flexibility index (Phi) is 2.33. The van der Waals surface area contributed by atoms with E-state index in [1.165, 1.54) is 0 Å². The summed E-state index contributed by atoms with van der Waals surface area (Å²) in [4.78, 5) is 13.7. The highest BCUT2D eigenvalue weighted by atomic mass is 16.3. The third-order valence-electron chi connectivity index (χ3n) is 3.19. The summed E-state index contributed by atoms with van der Waals surface area (Å²) in [6.45, 7) is 2.36. The smallest absolute Gasteiger partial charge is 0.227 e. The largest absolute Gasteiger partial charge is 0.508 e. The lowest BCUT2D eigenvalue weighted by Crippen LogP contribution is -2.32. The fourth-order valence-electron chi connectivity index (χ4n) is 2.29. The molecule has 0 saturated heterocycles. The first-order chi connectivity index (χ1) is 8.70. The Hall–Kier alpha value is -2.30. The quantitative estimate of drug-likeness (QED) is 0.805. The lowest BCUT2D eigenvalue weighted by Gasteiger charge is -2.29. The summed E-state index contributed by atoms with van der Waals surface area (Å²) in [7, 11) is 0. The molecule has 0 unspecified atom stereocenters. The minimum atomic E-state index is 0.0637. The van der Waals surface area contributed by atoms with Gasteiger partial charge in [-0.15, -0.1) is 0 Å².